The summed E-state index contributed by atoms with van der Waals surface area (Å²) in [4.78, 5) is 14.4. The molecule has 1 aliphatic heterocycles. The molecule has 0 fully saturated rings. The number of rotatable bonds is 5. The molecule has 1 aliphatic rings. The van der Waals surface area contributed by atoms with Gasteiger partial charge in [-0.15, -0.1) is 0 Å². The summed E-state index contributed by atoms with van der Waals surface area (Å²) in [6.45, 7) is 1.34. The van der Waals surface area contributed by atoms with Crippen molar-refractivity contribution in [3.8, 4) is 5.75 Å². The quantitative estimate of drug-likeness (QED) is 0.757. The number of anilines is 1. The van der Waals surface area contributed by atoms with Gasteiger partial charge in [-0.05, 0) is 55.2 Å². The van der Waals surface area contributed by atoms with Gasteiger partial charge in [0.05, 0.1) is 6.61 Å². The van der Waals surface area contributed by atoms with Crippen molar-refractivity contribution in [2.24, 2.45) is 0 Å². The summed E-state index contributed by atoms with van der Waals surface area (Å²) in [5, 5.41) is 0.691. The number of amides is 1. The van der Waals surface area contributed by atoms with Crippen molar-refractivity contribution in [1.82, 2.24) is 0 Å². The van der Waals surface area contributed by atoms with Crippen molar-refractivity contribution in [2.75, 3.05) is 18.1 Å². The maximum absolute atomic E-state index is 12.5. The van der Waals surface area contributed by atoms with E-state index in [1.165, 1.54) is 5.56 Å². The topological polar surface area (TPSA) is 29.5 Å². The van der Waals surface area contributed by atoms with Crippen LogP contribution < -0.4 is 9.64 Å². The number of carbonyl (C=O) groups is 1. The van der Waals surface area contributed by atoms with Gasteiger partial charge < -0.3 is 9.64 Å². The number of carbonyl (C=O) groups excluding carboxylic acids is 1. The summed E-state index contributed by atoms with van der Waals surface area (Å²) < 4.78 is 5.64. The molecule has 0 saturated carbocycles. The van der Waals surface area contributed by atoms with Gasteiger partial charge in [0.2, 0.25) is 5.91 Å². The van der Waals surface area contributed by atoms with Crippen molar-refractivity contribution in [3.05, 3.63) is 59.1 Å². The van der Waals surface area contributed by atoms with Gasteiger partial charge >= 0.3 is 0 Å². The maximum Gasteiger partial charge on any atom is 0.227 e. The first-order valence-corrected chi connectivity index (χ1v) is 8.38. The third-order valence-corrected chi connectivity index (χ3v) is 4.28. The molecule has 2 aromatic rings. The number of hydrogen-bond donors (Lipinski definition) is 0. The average Bonchev–Trinajstić information content (AvgIpc) is 2.59. The first-order chi connectivity index (χ1) is 11.2. The zero-order valence-electron chi connectivity index (χ0n) is 13.0. The molecule has 0 aliphatic carbocycles. The summed E-state index contributed by atoms with van der Waals surface area (Å²) in [5.41, 5.74) is 2.34. The summed E-state index contributed by atoms with van der Waals surface area (Å²) in [6.07, 6.45) is 3.30. The number of ether oxygens (including phenoxy) is 1. The van der Waals surface area contributed by atoms with Crippen LogP contribution in [0.15, 0.2) is 48.5 Å². The van der Waals surface area contributed by atoms with E-state index in [1.807, 2.05) is 35.2 Å². The molecule has 0 saturated heterocycles. The maximum atomic E-state index is 12.5. The van der Waals surface area contributed by atoms with Gasteiger partial charge in [0, 0.05) is 23.7 Å². The molecule has 1 amide bonds. The lowest BCUT2D eigenvalue weighted by molar-refractivity contribution is -0.118. The Bertz CT molecular complexity index is 669. The van der Waals surface area contributed by atoms with E-state index < -0.39 is 0 Å². The Balaban J connectivity index is 1.49. The Morgan fingerprint density at radius 2 is 1.91 bits per heavy atom. The van der Waals surface area contributed by atoms with Crippen LogP contribution in [0.1, 0.15) is 24.8 Å². The van der Waals surface area contributed by atoms with E-state index in [1.54, 1.807) is 12.1 Å². The van der Waals surface area contributed by atoms with Crippen molar-refractivity contribution in [2.45, 2.75) is 25.7 Å². The minimum absolute atomic E-state index is 0.178. The van der Waals surface area contributed by atoms with E-state index in [-0.39, 0.29) is 5.91 Å². The molecule has 0 spiro atoms. The number of hydrogen-bond acceptors (Lipinski definition) is 2. The molecule has 0 bridgehead atoms. The van der Waals surface area contributed by atoms with Crippen molar-refractivity contribution >= 4 is 23.2 Å². The molecule has 1 heterocycles. The second kappa shape index (κ2) is 7.51. The lowest BCUT2D eigenvalue weighted by atomic mass is 10.0. The third kappa shape index (κ3) is 4.05. The van der Waals surface area contributed by atoms with Crippen molar-refractivity contribution in [1.29, 1.82) is 0 Å². The van der Waals surface area contributed by atoms with Crippen LogP contribution in [0.5, 0.6) is 5.75 Å². The number of fused-ring (bicyclic) bond motifs is 1. The summed E-state index contributed by atoms with van der Waals surface area (Å²) >= 11 is 5.84. The molecule has 23 heavy (non-hydrogen) atoms. The first-order valence-electron chi connectivity index (χ1n) is 8.01. The largest absolute Gasteiger partial charge is 0.494 e. The Labute approximate surface area is 141 Å². The Hall–Kier alpha value is -2.00. The molecular formula is C19H20ClNO2. The minimum Gasteiger partial charge on any atom is -0.494 e. The second-order valence-corrected chi connectivity index (χ2v) is 6.12. The van der Waals surface area contributed by atoms with E-state index in [0.717, 1.165) is 30.8 Å². The van der Waals surface area contributed by atoms with Crippen LogP contribution in [0.25, 0.3) is 0 Å². The van der Waals surface area contributed by atoms with Gasteiger partial charge in [0.15, 0.2) is 0 Å². The van der Waals surface area contributed by atoms with Gasteiger partial charge in [-0.3, -0.25) is 4.79 Å². The predicted molar refractivity (Wildman–Crippen MR) is 93.3 cm³/mol. The van der Waals surface area contributed by atoms with Gasteiger partial charge in [0.1, 0.15) is 5.75 Å². The number of halogens is 1. The highest BCUT2D eigenvalue weighted by Gasteiger charge is 2.21. The SMILES string of the molecule is O=C(CCCOc1ccc(Cl)cc1)N1CCCc2ccccc21. The fourth-order valence-electron chi connectivity index (χ4n) is 2.87. The molecule has 3 rings (SSSR count). The molecule has 0 radical (unpaired) electrons. The van der Waals surface area contributed by atoms with Crippen molar-refractivity contribution < 1.29 is 9.53 Å². The highest BCUT2D eigenvalue weighted by molar-refractivity contribution is 6.30. The van der Waals surface area contributed by atoms with Gasteiger partial charge in [-0.2, -0.15) is 0 Å². The van der Waals surface area contributed by atoms with E-state index >= 15 is 0 Å². The highest BCUT2D eigenvalue weighted by atomic mass is 35.5. The summed E-state index contributed by atoms with van der Waals surface area (Å²) in [5.74, 6) is 0.960. The smallest absolute Gasteiger partial charge is 0.227 e. The average molecular weight is 330 g/mol. The van der Waals surface area contributed by atoms with Crippen LogP contribution in [0, 0.1) is 0 Å². The molecule has 0 aromatic heterocycles. The van der Waals surface area contributed by atoms with Gasteiger partial charge in [0.25, 0.3) is 0 Å². The number of aryl methyl sites for hydroxylation is 1. The van der Waals surface area contributed by atoms with Crippen molar-refractivity contribution in [3.63, 3.8) is 0 Å². The third-order valence-electron chi connectivity index (χ3n) is 4.03. The Morgan fingerprint density at radius 1 is 1.13 bits per heavy atom. The summed E-state index contributed by atoms with van der Waals surface area (Å²) in [6, 6.07) is 15.4. The lowest BCUT2D eigenvalue weighted by Gasteiger charge is -2.29. The van der Waals surface area contributed by atoms with E-state index in [4.69, 9.17) is 16.3 Å². The highest BCUT2D eigenvalue weighted by Crippen LogP contribution is 2.27. The van der Waals surface area contributed by atoms with Gasteiger partial charge in [-0.1, -0.05) is 29.8 Å². The van der Waals surface area contributed by atoms with E-state index in [9.17, 15) is 4.79 Å². The molecule has 2 aromatic carbocycles. The minimum atomic E-state index is 0.178. The normalized spacial score (nSPS) is 13.5. The molecule has 3 nitrogen and oxygen atoms in total. The van der Waals surface area contributed by atoms with Gasteiger partial charge in [-0.25, -0.2) is 0 Å². The monoisotopic (exact) mass is 329 g/mol. The fourth-order valence-corrected chi connectivity index (χ4v) is 3.00. The molecule has 0 N–H and O–H groups in total. The van der Waals surface area contributed by atoms with Crippen LogP contribution in [0.2, 0.25) is 5.02 Å². The molecule has 120 valence electrons. The van der Waals surface area contributed by atoms with E-state index in [0.29, 0.717) is 24.5 Å². The number of nitrogens with zero attached hydrogens (tertiary/aromatic N) is 1. The summed E-state index contributed by atoms with van der Waals surface area (Å²) in [7, 11) is 0. The van der Waals surface area contributed by atoms with E-state index in [2.05, 4.69) is 6.07 Å². The molecule has 0 unspecified atom stereocenters. The molecular weight excluding hydrogens is 310 g/mol. The fraction of sp³-hybridized carbons (Fsp3) is 0.316. The standard InChI is InChI=1S/C19H20ClNO2/c20-16-9-11-17(12-10-16)23-14-4-8-19(22)21-13-3-6-15-5-1-2-7-18(15)21/h1-2,5,7,9-12H,3-4,6,8,13-14H2. The second-order valence-electron chi connectivity index (χ2n) is 5.68. The zero-order chi connectivity index (χ0) is 16.1. The van der Waals surface area contributed by atoms with Crippen LogP contribution >= 0.6 is 11.6 Å². The van der Waals surface area contributed by atoms with Crippen LogP contribution in [-0.2, 0) is 11.2 Å². The zero-order valence-corrected chi connectivity index (χ0v) is 13.8. The number of benzene rings is 2. The first kappa shape index (κ1) is 15.9. The molecule has 0 atom stereocenters. The lowest BCUT2D eigenvalue weighted by Crippen LogP contribution is -2.35. The number of para-hydroxylation sites is 1. The Kier molecular flexibility index (Phi) is 5.19. The Morgan fingerprint density at radius 3 is 2.74 bits per heavy atom. The van der Waals surface area contributed by atoms with Crippen LogP contribution in [0.4, 0.5) is 5.69 Å². The van der Waals surface area contributed by atoms with Crippen LogP contribution in [-0.4, -0.2) is 19.1 Å². The predicted octanol–water partition coefficient (Wildman–Crippen LogP) is 4.48. The van der Waals surface area contributed by atoms with Crippen LogP contribution in [0.3, 0.4) is 0 Å². The molecule has 4 heteroatoms.